The SMILES string of the molecule is CC[C@@H](C)CS(=O)(=O)NC[C@@H](C)O. The Labute approximate surface area is 80.4 Å². The van der Waals surface area contributed by atoms with Crippen molar-refractivity contribution in [2.45, 2.75) is 33.3 Å². The lowest BCUT2D eigenvalue weighted by Gasteiger charge is -2.11. The van der Waals surface area contributed by atoms with Crippen LogP contribution in [0.2, 0.25) is 0 Å². The third-order valence-electron chi connectivity index (χ3n) is 1.80. The second-order valence-electron chi connectivity index (χ2n) is 3.49. The molecule has 13 heavy (non-hydrogen) atoms. The Balaban J connectivity index is 3.95. The molecule has 0 fully saturated rings. The van der Waals surface area contributed by atoms with Gasteiger partial charge in [0.1, 0.15) is 0 Å². The average molecular weight is 209 g/mol. The van der Waals surface area contributed by atoms with Gasteiger partial charge in [0, 0.05) is 6.54 Å². The van der Waals surface area contributed by atoms with Gasteiger partial charge in [-0.3, -0.25) is 0 Å². The first-order valence-electron chi connectivity index (χ1n) is 4.52. The van der Waals surface area contributed by atoms with E-state index in [4.69, 9.17) is 5.11 Å². The molecular weight excluding hydrogens is 190 g/mol. The second kappa shape index (κ2) is 5.57. The average Bonchev–Trinajstić information content (AvgIpc) is 2.00. The van der Waals surface area contributed by atoms with Gasteiger partial charge in [-0.2, -0.15) is 0 Å². The van der Waals surface area contributed by atoms with Crippen LogP contribution in [0.25, 0.3) is 0 Å². The predicted octanol–water partition coefficient (Wildman–Crippen LogP) is 0.333. The molecule has 0 spiro atoms. The van der Waals surface area contributed by atoms with E-state index in [9.17, 15) is 8.42 Å². The highest BCUT2D eigenvalue weighted by Crippen LogP contribution is 2.03. The Hall–Kier alpha value is -0.130. The van der Waals surface area contributed by atoms with Crippen molar-refractivity contribution < 1.29 is 13.5 Å². The standard InChI is InChI=1S/C8H19NO3S/c1-4-7(2)6-13(11,12)9-5-8(3)10/h7-10H,4-6H2,1-3H3/t7-,8-/m1/s1. The summed E-state index contributed by atoms with van der Waals surface area (Å²) < 4.78 is 24.9. The summed E-state index contributed by atoms with van der Waals surface area (Å²) in [4.78, 5) is 0. The van der Waals surface area contributed by atoms with Crippen LogP contribution >= 0.6 is 0 Å². The summed E-state index contributed by atoms with van der Waals surface area (Å²) in [6, 6.07) is 0. The summed E-state index contributed by atoms with van der Waals surface area (Å²) in [6.07, 6.45) is 0.210. The van der Waals surface area contributed by atoms with Crippen LogP contribution in [-0.2, 0) is 10.0 Å². The minimum Gasteiger partial charge on any atom is -0.392 e. The lowest BCUT2D eigenvalue weighted by atomic mass is 10.2. The van der Waals surface area contributed by atoms with Crippen LogP contribution in [0.15, 0.2) is 0 Å². The van der Waals surface area contributed by atoms with E-state index in [1.54, 1.807) is 6.92 Å². The van der Waals surface area contributed by atoms with Gasteiger partial charge in [-0.15, -0.1) is 0 Å². The van der Waals surface area contributed by atoms with Gasteiger partial charge in [0.05, 0.1) is 11.9 Å². The fourth-order valence-electron chi connectivity index (χ4n) is 0.799. The van der Waals surface area contributed by atoms with E-state index < -0.39 is 16.1 Å². The zero-order valence-electron chi connectivity index (χ0n) is 8.45. The molecule has 2 atom stereocenters. The molecular formula is C8H19NO3S. The Morgan fingerprint density at radius 2 is 1.92 bits per heavy atom. The van der Waals surface area contributed by atoms with E-state index in [1.807, 2.05) is 13.8 Å². The molecule has 0 aliphatic carbocycles. The first-order valence-corrected chi connectivity index (χ1v) is 6.18. The molecule has 0 saturated heterocycles. The molecule has 0 aliphatic rings. The molecule has 0 heterocycles. The molecule has 4 nitrogen and oxygen atoms in total. The zero-order chi connectivity index (χ0) is 10.5. The highest BCUT2D eigenvalue weighted by atomic mass is 32.2. The largest absolute Gasteiger partial charge is 0.392 e. The molecule has 0 saturated carbocycles. The van der Waals surface area contributed by atoms with Crippen LogP contribution in [-0.4, -0.2) is 31.9 Å². The van der Waals surface area contributed by atoms with E-state index in [-0.39, 0.29) is 18.2 Å². The lowest BCUT2D eigenvalue weighted by Crippen LogP contribution is -2.34. The van der Waals surface area contributed by atoms with Crippen molar-refractivity contribution in [1.82, 2.24) is 4.72 Å². The van der Waals surface area contributed by atoms with E-state index >= 15 is 0 Å². The molecule has 0 unspecified atom stereocenters. The highest BCUT2D eigenvalue weighted by molar-refractivity contribution is 7.89. The third kappa shape index (κ3) is 6.98. The first-order chi connectivity index (χ1) is 5.87. The van der Waals surface area contributed by atoms with Crippen molar-refractivity contribution in [2.24, 2.45) is 5.92 Å². The van der Waals surface area contributed by atoms with Gasteiger partial charge in [0.2, 0.25) is 10.0 Å². The third-order valence-corrected chi connectivity index (χ3v) is 3.41. The lowest BCUT2D eigenvalue weighted by molar-refractivity contribution is 0.198. The van der Waals surface area contributed by atoms with Gasteiger partial charge >= 0.3 is 0 Å². The maximum atomic E-state index is 11.3. The number of hydrogen-bond donors (Lipinski definition) is 2. The fraction of sp³-hybridized carbons (Fsp3) is 1.00. The Morgan fingerprint density at radius 3 is 2.31 bits per heavy atom. The number of rotatable bonds is 6. The fourth-order valence-corrected chi connectivity index (χ4v) is 2.40. The summed E-state index contributed by atoms with van der Waals surface area (Å²) in [6.45, 7) is 5.49. The summed E-state index contributed by atoms with van der Waals surface area (Å²) >= 11 is 0. The van der Waals surface area contributed by atoms with E-state index in [2.05, 4.69) is 4.72 Å². The molecule has 0 aromatic carbocycles. The molecule has 0 amide bonds. The van der Waals surface area contributed by atoms with Crippen molar-refractivity contribution >= 4 is 10.0 Å². The predicted molar refractivity (Wildman–Crippen MR) is 52.9 cm³/mol. The number of nitrogens with one attached hydrogen (secondary N) is 1. The Kier molecular flexibility index (Phi) is 5.51. The molecule has 80 valence electrons. The van der Waals surface area contributed by atoms with Crippen molar-refractivity contribution in [3.05, 3.63) is 0 Å². The van der Waals surface area contributed by atoms with Gasteiger partial charge in [-0.1, -0.05) is 20.3 Å². The van der Waals surface area contributed by atoms with E-state index in [0.29, 0.717) is 0 Å². The maximum Gasteiger partial charge on any atom is 0.211 e. The number of aliphatic hydroxyl groups is 1. The van der Waals surface area contributed by atoms with Crippen LogP contribution in [0.3, 0.4) is 0 Å². The van der Waals surface area contributed by atoms with Crippen LogP contribution in [0.4, 0.5) is 0 Å². The quantitative estimate of drug-likeness (QED) is 0.662. The van der Waals surface area contributed by atoms with Gasteiger partial charge in [-0.05, 0) is 12.8 Å². The molecule has 0 aliphatic heterocycles. The molecule has 0 bridgehead atoms. The number of hydrogen-bond acceptors (Lipinski definition) is 3. The van der Waals surface area contributed by atoms with Crippen molar-refractivity contribution in [1.29, 1.82) is 0 Å². The van der Waals surface area contributed by atoms with Crippen LogP contribution in [0.1, 0.15) is 27.2 Å². The van der Waals surface area contributed by atoms with E-state index in [0.717, 1.165) is 6.42 Å². The second-order valence-corrected chi connectivity index (χ2v) is 5.34. The summed E-state index contributed by atoms with van der Waals surface area (Å²) in [5, 5.41) is 8.88. The Bertz CT molecular complexity index is 224. The number of sulfonamides is 1. The molecule has 0 aromatic heterocycles. The zero-order valence-corrected chi connectivity index (χ0v) is 9.26. The minimum atomic E-state index is -3.20. The van der Waals surface area contributed by atoms with Crippen molar-refractivity contribution in [2.75, 3.05) is 12.3 Å². The molecule has 0 aromatic rings. The van der Waals surface area contributed by atoms with Crippen molar-refractivity contribution in [3.63, 3.8) is 0 Å². The monoisotopic (exact) mass is 209 g/mol. The van der Waals surface area contributed by atoms with Crippen molar-refractivity contribution in [3.8, 4) is 0 Å². The normalized spacial score (nSPS) is 16.9. The first kappa shape index (κ1) is 12.9. The van der Waals surface area contributed by atoms with Gasteiger partial charge in [0.25, 0.3) is 0 Å². The summed E-state index contributed by atoms with van der Waals surface area (Å²) in [5.41, 5.74) is 0. The number of aliphatic hydroxyl groups excluding tert-OH is 1. The topological polar surface area (TPSA) is 66.4 Å². The molecule has 0 radical (unpaired) electrons. The molecule has 0 rings (SSSR count). The van der Waals surface area contributed by atoms with Crippen LogP contribution < -0.4 is 4.72 Å². The van der Waals surface area contributed by atoms with Crippen LogP contribution in [0, 0.1) is 5.92 Å². The highest BCUT2D eigenvalue weighted by Gasteiger charge is 2.14. The molecule has 2 N–H and O–H groups in total. The van der Waals surface area contributed by atoms with Gasteiger partial charge in [-0.25, -0.2) is 13.1 Å². The minimum absolute atomic E-state index is 0.0960. The van der Waals surface area contributed by atoms with Gasteiger partial charge < -0.3 is 5.11 Å². The smallest absolute Gasteiger partial charge is 0.211 e. The maximum absolute atomic E-state index is 11.3. The summed E-state index contributed by atoms with van der Waals surface area (Å²) in [7, 11) is -3.20. The summed E-state index contributed by atoms with van der Waals surface area (Å²) in [5.74, 6) is 0.294. The van der Waals surface area contributed by atoms with Gasteiger partial charge in [0.15, 0.2) is 0 Å². The Morgan fingerprint density at radius 1 is 1.38 bits per heavy atom. The van der Waals surface area contributed by atoms with E-state index in [1.165, 1.54) is 0 Å². The van der Waals surface area contributed by atoms with Crippen LogP contribution in [0.5, 0.6) is 0 Å². The molecule has 5 heteroatoms.